The zero-order valence-electron chi connectivity index (χ0n) is 10.1. The average molecular weight is 235 g/mol. The van der Waals surface area contributed by atoms with E-state index in [9.17, 15) is 4.79 Å². The van der Waals surface area contributed by atoms with Crippen molar-refractivity contribution < 1.29 is 14.6 Å². The molecular formula is C13H17NO3. The van der Waals surface area contributed by atoms with Gasteiger partial charge in [0.1, 0.15) is 5.75 Å². The molecule has 1 fully saturated rings. The van der Waals surface area contributed by atoms with Gasteiger partial charge in [-0.1, -0.05) is 6.07 Å². The fraction of sp³-hybridized carbons (Fsp3) is 0.462. The molecular weight excluding hydrogens is 218 g/mol. The SMILES string of the molecule is COc1ccc(C)cc1NC1CCC1C(=O)O. The molecule has 0 heterocycles. The van der Waals surface area contributed by atoms with Gasteiger partial charge >= 0.3 is 5.97 Å². The molecule has 1 aromatic carbocycles. The van der Waals surface area contributed by atoms with Crippen LogP contribution in [0.5, 0.6) is 5.75 Å². The van der Waals surface area contributed by atoms with E-state index in [1.165, 1.54) is 0 Å². The summed E-state index contributed by atoms with van der Waals surface area (Å²) in [7, 11) is 1.62. The first-order valence-corrected chi connectivity index (χ1v) is 5.76. The van der Waals surface area contributed by atoms with Crippen LogP contribution in [0, 0.1) is 12.8 Å². The number of ether oxygens (including phenoxy) is 1. The Kier molecular flexibility index (Phi) is 3.22. The number of carbonyl (C=O) groups is 1. The first-order chi connectivity index (χ1) is 8.11. The summed E-state index contributed by atoms with van der Waals surface area (Å²) in [5.41, 5.74) is 2.00. The lowest BCUT2D eigenvalue weighted by Crippen LogP contribution is -2.43. The summed E-state index contributed by atoms with van der Waals surface area (Å²) >= 11 is 0. The van der Waals surface area contributed by atoms with Crippen molar-refractivity contribution in [3.05, 3.63) is 23.8 Å². The van der Waals surface area contributed by atoms with Crippen LogP contribution in [-0.4, -0.2) is 24.2 Å². The van der Waals surface area contributed by atoms with Gasteiger partial charge in [0.05, 0.1) is 18.7 Å². The predicted octanol–water partition coefficient (Wildman–Crippen LogP) is 2.28. The first kappa shape index (κ1) is 11.8. The Labute approximate surface area is 101 Å². The third kappa shape index (κ3) is 2.35. The zero-order valence-corrected chi connectivity index (χ0v) is 10.1. The lowest BCUT2D eigenvalue weighted by atomic mass is 9.79. The van der Waals surface area contributed by atoms with Crippen LogP contribution in [0.2, 0.25) is 0 Å². The fourth-order valence-corrected chi connectivity index (χ4v) is 2.10. The van der Waals surface area contributed by atoms with Crippen molar-refractivity contribution in [3.63, 3.8) is 0 Å². The molecule has 2 atom stereocenters. The second kappa shape index (κ2) is 4.65. The monoisotopic (exact) mass is 235 g/mol. The highest BCUT2D eigenvalue weighted by Gasteiger charge is 2.36. The smallest absolute Gasteiger partial charge is 0.308 e. The van der Waals surface area contributed by atoms with Crippen LogP contribution in [0.4, 0.5) is 5.69 Å². The van der Waals surface area contributed by atoms with Crippen molar-refractivity contribution in [1.82, 2.24) is 0 Å². The van der Waals surface area contributed by atoms with Crippen LogP contribution in [0.15, 0.2) is 18.2 Å². The lowest BCUT2D eigenvalue weighted by molar-refractivity contribution is -0.144. The largest absolute Gasteiger partial charge is 0.495 e. The Hall–Kier alpha value is -1.71. The lowest BCUT2D eigenvalue weighted by Gasteiger charge is -2.35. The summed E-state index contributed by atoms with van der Waals surface area (Å²) in [5.74, 6) is -0.243. The van der Waals surface area contributed by atoms with Crippen LogP contribution in [0.1, 0.15) is 18.4 Å². The van der Waals surface area contributed by atoms with Crippen molar-refractivity contribution in [2.75, 3.05) is 12.4 Å². The molecule has 0 spiro atoms. The standard InChI is InChI=1S/C13H17NO3/c1-8-3-6-12(17-2)11(7-8)14-10-5-4-9(10)13(15)16/h3,6-7,9-10,14H,4-5H2,1-2H3,(H,15,16). The minimum absolute atomic E-state index is 0.0169. The van der Waals surface area contributed by atoms with Gasteiger partial charge in [-0.05, 0) is 37.5 Å². The second-order valence-corrected chi connectivity index (χ2v) is 4.48. The van der Waals surface area contributed by atoms with Gasteiger partial charge in [-0.2, -0.15) is 0 Å². The van der Waals surface area contributed by atoms with Gasteiger partial charge in [-0.25, -0.2) is 0 Å². The molecule has 0 bridgehead atoms. The summed E-state index contributed by atoms with van der Waals surface area (Å²) in [6, 6.07) is 5.87. The van der Waals surface area contributed by atoms with Gasteiger partial charge in [0.25, 0.3) is 0 Å². The number of carboxylic acids is 1. The molecule has 1 aliphatic rings. The maximum atomic E-state index is 10.9. The van der Waals surface area contributed by atoms with Crippen molar-refractivity contribution in [1.29, 1.82) is 0 Å². The highest BCUT2D eigenvalue weighted by Crippen LogP contribution is 2.34. The maximum absolute atomic E-state index is 10.9. The minimum atomic E-state index is -0.722. The summed E-state index contributed by atoms with van der Waals surface area (Å²) < 4.78 is 5.26. The molecule has 0 saturated heterocycles. The van der Waals surface area contributed by atoms with E-state index < -0.39 is 5.97 Å². The maximum Gasteiger partial charge on any atom is 0.308 e. The van der Waals surface area contributed by atoms with Crippen molar-refractivity contribution in [2.45, 2.75) is 25.8 Å². The van der Waals surface area contributed by atoms with Crippen LogP contribution in [0.25, 0.3) is 0 Å². The number of nitrogens with one attached hydrogen (secondary N) is 1. The molecule has 2 rings (SSSR count). The molecule has 1 saturated carbocycles. The van der Waals surface area contributed by atoms with E-state index in [0.717, 1.165) is 29.8 Å². The van der Waals surface area contributed by atoms with E-state index in [0.29, 0.717) is 0 Å². The minimum Gasteiger partial charge on any atom is -0.495 e. The molecule has 0 aliphatic heterocycles. The summed E-state index contributed by atoms with van der Waals surface area (Å²) in [4.78, 5) is 10.9. The third-order valence-electron chi connectivity index (χ3n) is 3.29. The van der Waals surface area contributed by atoms with Gasteiger partial charge in [-0.15, -0.1) is 0 Å². The van der Waals surface area contributed by atoms with Crippen molar-refractivity contribution in [3.8, 4) is 5.75 Å². The van der Waals surface area contributed by atoms with E-state index in [2.05, 4.69) is 5.32 Å². The van der Waals surface area contributed by atoms with Crippen molar-refractivity contribution >= 4 is 11.7 Å². The molecule has 4 heteroatoms. The van der Waals surface area contributed by atoms with Gasteiger partial charge in [0.15, 0.2) is 0 Å². The van der Waals surface area contributed by atoms with Crippen LogP contribution < -0.4 is 10.1 Å². The molecule has 1 aromatic rings. The molecule has 0 radical (unpaired) electrons. The molecule has 1 aliphatic carbocycles. The number of anilines is 1. The van der Waals surface area contributed by atoms with Crippen molar-refractivity contribution in [2.24, 2.45) is 5.92 Å². The van der Waals surface area contributed by atoms with Crippen LogP contribution in [0.3, 0.4) is 0 Å². The van der Waals surface area contributed by atoms with Crippen LogP contribution in [-0.2, 0) is 4.79 Å². The number of hydrogen-bond donors (Lipinski definition) is 2. The molecule has 0 aromatic heterocycles. The summed E-state index contributed by atoms with van der Waals surface area (Å²) in [6.07, 6.45) is 1.65. The Morgan fingerprint density at radius 2 is 2.24 bits per heavy atom. The first-order valence-electron chi connectivity index (χ1n) is 5.76. The zero-order chi connectivity index (χ0) is 12.4. The summed E-state index contributed by atoms with van der Waals surface area (Å²) in [5, 5.41) is 12.3. The van der Waals surface area contributed by atoms with Gasteiger partial charge in [0, 0.05) is 6.04 Å². The van der Waals surface area contributed by atoms with Gasteiger partial charge in [0.2, 0.25) is 0 Å². The Morgan fingerprint density at radius 3 is 2.76 bits per heavy atom. The quantitative estimate of drug-likeness (QED) is 0.840. The number of rotatable bonds is 4. The molecule has 92 valence electrons. The molecule has 4 nitrogen and oxygen atoms in total. The molecule has 2 unspecified atom stereocenters. The number of aryl methyl sites for hydroxylation is 1. The topological polar surface area (TPSA) is 58.6 Å². The number of methoxy groups -OCH3 is 1. The number of benzene rings is 1. The van der Waals surface area contributed by atoms with E-state index in [1.807, 2.05) is 25.1 Å². The van der Waals surface area contributed by atoms with Gasteiger partial charge < -0.3 is 15.2 Å². The molecule has 17 heavy (non-hydrogen) atoms. The van der Waals surface area contributed by atoms with E-state index >= 15 is 0 Å². The Bertz CT molecular complexity index is 431. The number of aliphatic carboxylic acids is 1. The Balaban J connectivity index is 2.13. The third-order valence-corrected chi connectivity index (χ3v) is 3.29. The van der Waals surface area contributed by atoms with E-state index in [1.54, 1.807) is 7.11 Å². The average Bonchev–Trinajstić information content (AvgIpc) is 2.23. The molecule has 0 amide bonds. The highest BCUT2D eigenvalue weighted by molar-refractivity contribution is 5.73. The molecule has 2 N–H and O–H groups in total. The fourth-order valence-electron chi connectivity index (χ4n) is 2.10. The number of hydrogen-bond acceptors (Lipinski definition) is 3. The predicted molar refractivity (Wildman–Crippen MR) is 65.5 cm³/mol. The van der Waals surface area contributed by atoms with E-state index in [4.69, 9.17) is 9.84 Å². The Morgan fingerprint density at radius 1 is 1.47 bits per heavy atom. The van der Waals surface area contributed by atoms with Gasteiger partial charge in [-0.3, -0.25) is 4.79 Å². The number of carboxylic acid groups (broad SMARTS) is 1. The van der Waals surface area contributed by atoms with Crippen LogP contribution >= 0.6 is 0 Å². The highest BCUT2D eigenvalue weighted by atomic mass is 16.5. The summed E-state index contributed by atoms with van der Waals surface area (Å²) in [6.45, 7) is 2.00. The second-order valence-electron chi connectivity index (χ2n) is 4.48. The van der Waals surface area contributed by atoms with E-state index in [-0.39, 0.29) is 12.0 Å². The normalized spacial score (nSPS) is 22.7.